The molecule has 2 N–H and O–H groups in total. The van der Waals surface area contributed by atoms with Crippen molar-refractivity contribution in [3.05, 3.63) is 24.0 Å². The maximum Gasteiger partial charge on any atom is 0.239 e. The third kappa shape index (κ3) is 1.95. The summed E-state index contributed by atoms with van der Waals surface area (Å²) in [5.41, 5.74) is 1.83. The number of fused-ring (bicyclic) bond motifs is 1. The Balaban J connectivity index is 2.28. The monoisotopic (exact) mass is 219 g/mol. The molecule has 84 valence electrons. The Bertz CT molecular complexity index is 519. The van der Waals surface area contributed by atoms with Crippen molar-refractivity contribution in [3.8, 4) is 0 Å². The SMILES string of the molecule is CNC(=O)CNc1cc(C)cc2ncnn12. The minimum atomic E-state index is -0.0743. The van der Waals surface area contributed by atoms with E-state index in [0.29, 0.717) is 0 Å². The fourth-order valence-electron chi connectivity index (χ4n) is 1.44. The summed E-state index contributed by atoms with van der Waals surface area (Å²) in [6.45, 7) is 2.19. The van der Waals surface area contributed by atoms with Crippen LogP contribution in [0.2, 0.25) is 0 Å². The van der Waals surface area contributed by atoms with Gasteiger partial charge in [0.15, 0.2) is 5.65 Å². The van der Waals surface area contributed by atoms with Crippen LogP contribution in [0.25, 0.3) is 5.65 Å². The number of nitrogens with zero attached hydrogens (tertiary/aromatic N) is 3. The average Bonchev–Trinajstić information content (AvgIpc) is 2.73. The third-order valence-corrected chi connectivity index (χ3v) is 2.23. The van der Waals surface area contributed by atoms with E-state index in [0.717, 1.165) is 17.0 Å². The van der Waals surface area contributed by atoms with Crippen LogP contribution in [-0.4, -0.2) is 34.1 Å². The second kappa shape index (κ2) is 4.18. The second-order valence-electron chi connectivity index (χ2n) is 3.47. The molecule has 0 unspecified atom stereocenters. The largest absolute Gasteiger partial charge is 0.361 e. The van der Waals surface area contributed by atoms with E-state index in [1.807, 2.05) is 19.1 Å². The van der Waals surface area contributed by atoms with E-state index in [-0.39, 0.29) is 12.5 Å². The standard InChI is InChI=1S/C10H13N5O/c1-7-3-8(12-5-10(16)11-2)15-9(4-7)13-6-14-15/h3-4,6,12H,5H2,1-2H3,(H,11,16). The van der Waals surface area contributed by atoms with Gasteiger partial charge in [-0.15, -0.1) is 0 Å². The lowest BCUT2D eigenvalue weighted by atomic mass is 10.3. The molecule has 0 aliphatic carbocycles. The minimum absolute atomic E-state index is 0.0743. The summed E-state index contributed by atoms with van der Waals surface area (Å²) in [5, 5.41) is 9.63. The van der Waals surface area contributed by atoms with Gasteiger partial charge >= 0.3 is 0 Å². The average molecular weight is 219 g/mol. The Hall–Kier alpha value is -2.11. The van der Waals surface area contributed by atoms with Crippen LogP contribution in [-0.2, 0) is 4.79 Å². The highest BCUT2D eigenvalue weighted by atomic mass is 16.1. The quantitative estimate of drug-likeness (QED) is 0.773. The van der Waals surface area contributed by atoms with E-state index in [1.165, 1.54) is 6.33 Å². The number of aryl methyl sites for hydroxylation is 1. The number of nitrogens with one attached hydrogen (secondary N) is 2. The van der Waals surface area contributed by atoms with Crippen molar-refractivity contribution >= 4 is 17.4 Å². The lowest BCUT2D eigenvalue weighted by Gasteiger charge is -2.08. The molecule has 0 spiro atoms. The van der Waals surface area contributed by atoms with Crippen molar-refractivity contribution in [1.82, 2.24) is 19.9 Å². The van der Waals surface area contributed by atoms with Gasteiger partial charge in [-0.25, -0.2) is 4.98 Å². The lowest BCUT2D eigenvalue weighted by molar-refractivity contribution is -0.118. The van der Waals surface area contributed by atoms with Crippen molar-refractivity contribution in [2.24, 2.45) is 0 Å². The van der Waals surface area contributed by atoms with Crippen LogP contribution in [0.4, 0.5) is 5.82 Å². The molecule has 1 amide bonds. The van der Waals surface area contributed by atoms with Crippen molar-refractivity contribution in [2.75, 3.05) is 18.9 Å². The molecule has 0 radical (unpaired) electrons. The highest BCUT2D eigenvalue weighted by molar-refractivity contribution is 5.80. The van der Waals surface area contributed by atoms with E-state index in [9.17, 15) is 4.79 Å². The molecule has 6 nitrogen and oxygen atoms in total. The summed E-state index contributed by atoms with van der Waals surface area (Å²) in [7, 11) is 1.60. The first-order chi connectivity index (χ1) is 7.70. The number of hydrogen-bond acceptors (Lipinski definition) is 4. The molecule has 2 aromatic rings. The fraction of sp³-hybridized carbons (Fsp3) is 0.300. The number of pyridine rings is 1. The first-order valence-electron chi connectivity index (χ1n) is 4.95. The molecule has 6 heteroatoms. The maximum absolute atomic E-state index is 11.1. The van der Waals surface area contributed by atoms with Crippen molar-refractivity contribution in [2.45, 2.75) is 6.92 Å². The van der Waals surface area contributed by atoms with Crippen molar-refractivity contribution < 1.29 is 4.79 Å². The van der Waals surface area contributed by atoms with Crippen LogP contribution in [0.1, 0.15) is 5.56 Å². The molecule has 0 saturated heterocycles. The van der Waals surface area contributed by atoms with Crippen LogP contribution in [0.15, 0.2) is 18.5 Å². The number of rotatable bonds is 3. The number of carbonyl (C=O) groups is 1. The summed E-state index contributed by atoms with van der Waals surface area (Å²) in [6, 6.07) is 3.85. The van der Waals surface area contributed by atoms with Gasteiger partial charge in [-0.2, -0.15) is 9.61 Å². The Morgan fingerprint density at radius 1 is 1.50 bits per heavy atom. The number of aromatic nitrogens is 3. The molecule has 2 heterocycles. The summed E-state index contributed by atoms with van der Waals surface area (Å²) < 4.78 is 1.66. The van der Waals surface area contributed by atoms with Gasteiger partial charge in [0.2, 0.25) is 5.91 Å². The third-order valence-electron chi connectivity index (χ3n) is 2.23. The second-order valence-corrected chi connectivity index (χ2v) is 3.47. The Kier molecular flexibility index (Phi) is 2.72. The van der Waals surface area contributed by atoms with Crippen LogP contribution in [0.3, 0.4) is 0 Å². The van der Waals surface area contributed by atoms with Gasteiger partial charge in [-0.1, -0.05) is 0 Å². The van der Waals surface area contributed by atoms with E-state index >= 15 is 0 Å². The van der Waals surface area contributed by atoms with Gasteiger partial charge in [0.05, 0.1) is 6.54 Å². The zero-order valence-corrected chi connectivity index (χ0v) is 9.19. The lowest BCUT2D eigenvalue weighted by Crippen LogP contribution is -2.26. The molecule has 0 bridgehead atoms. The molecular formula is C10H13N5O. The van der Waals surface area contributed by atoms with Gasteiger partial charge in [0.25, 0.3) is 0 Å². The molecule has 2 rings (SSSR count). The predicted octanol–water partition coefficient (Wildman–Crippen LogP) is 0.196. The van der Waals surface area contributed by atoms with E-state index in [4.69, 9.17) is 0 Å². The summed E-state index contributed by atoms with van der Waals surface area (Å²) in [6.07, 6.45) is 1.49. The van der Waals surface area contributed by atoms with Crippen LogP contribution < -0.4 is 10.6 Å². The highest BCUT2D eigenvalue weighted by Gasteiger charge is 2.04. The molecule has 0 aliphatic heterocycles. The zero-order chi connectivity index (χ0) is 11.5. The number of carbonyl (C=O) groups excluding carboxylic acids is 1. The Morgan fingerprint density at radius 3 is 3.06 bits per heavy atom. The molecule has 0 saturated carbocycles. The van der Waals surface area contributed by atoms with Crippen LogP contribution >= 0.6 is 0 Å². The van der Waals surface area contributed by atoms with Gasteiger partial charge in [-0.3, -0.25) is 4.79 Å². The van der Waals surface area contributed by atoms with E-state index in [1.54, 1.807) is 11.6 Å². The fourth-order valence-corrected chi connectivity index (χ4v) is 1.44. The van der Waals surface area contributed by atoms with Gasteiger partial charge in [0.1, 0.15) is 12.1 Å². The summed E-state index contributed by atoms with van der Waals surface area (Å²) >= 11 is 0. The molecule has 0 aromatic carbocycles. The number of amides is 1. The highest BCUT2D eigenvalue weighted by Crippen LogP contribution is 2.12. The van der Waals surface area contributed by atoms with Gasteiger partial charge in [0, 0.05) is 7.05 Å². The van der Waals surface area contributed by atoms with Gasteiger partial charge in [-0.05, 0) is 24.6 Å². The molecule has 0 atom stereocenters. The minimum Gasteiger partial charge on any atom is -0.361 e. The van der Waals surface area contributed by atoms with Crippen molar-refractivity contribution in [1.29, 1.82) is 0 Å². The maximum atomic E-state index is 11.1. The van der Waals surface area contributed by atoms with E-state index in [2.05, 4.69) is 20.7 Å². The topological polar surface area (TPSA) is 71.3 Å². The predicted molar refractivity (Wildman–Crippen MR) is 60.3 cm³/mol. The summed E-state index contributed by atoms with van der Waals surface area (Å²) in [4.78, 5) is 15.2. The Labute approximate surface area is 92.7 Å². The molecular weight excluding hydrogens is 206 g/mol. The van der Waals surface area contributed by atoms with E-state index < -0.39 is 0 Å². The zero-order valence-electron chi connectivity index (χ0n) is 9.19. The molecule has 0 aliphatic rings. The van der Waals surface area contributed by atoms with Crippen molar-refractivity contribution in [3.63, 3.8) is 0 Å². The molecule has 0 fully saturated rings. The van der Waals surface area contributed by atoms with Crippen LogP contribution in [0.5, 0.6) is 0 Å². The Morgan fingerprint density at radius 2 is 2.31 bits per heavy atom. The normalized spacial score (nSPS) is 10.4. The molecule has 2 aromatic heterocycles. The first kappa shape index (κ1) is 10.4. The number of likely N-dealkylation sites (N-methyl/N-ethyl adjacent to an activating group) is 1. The first-order valence-corrected chi connectivity index (χ1v) is 4.95. The van der Waals surface area contributed by atoms with Gasteiger partial charge < -0.3 is 10.6 Å². The number of hydrogen-bond donors (Lipinski definition) is 2. The summed E-state index contributed by atoms with van der Waals surface area (Å²) in [5.74, 6) is 0.686. The molecule has 16 heavy (non-hydrogen) atoms. The van der Waals surface area contributed by atoms with Crippen LogP contribution in [0, 0.1) is 6.92 Å². The number of anilines is 1. The smallest absolute Gasteiger partial charge is 0.239 e.